The summed E-state index contributed by atoms with van der Waals surface area (Å²) in [6.07, 6.45) is 1.64. The van der Waals surface area contributed by atoms with Crippen molar-refractivity contribution in [3.8, 4) is 0 Å². The zero-order chi connectivity index (χ0) is 18.8. The third kappa shape index (κ3) is 3.66. The smallest absolute Gasteiger partial charge is 0.255 e. The first-order valence-electron chi connectivity index (χ1n) is 9.26. The molecule has 2 N–H and O–H groups in total. The number of morpholine rings is 1. The molecule has 4 rings (SSSR count). The summed E-state index contributed by atoms with van der Waals surface area (Å²) in [4.78, 5) is 22.1. The van der Waals surface area contributed by atoms with Crippen molar-refractivity contribution in [3.63, 3.8) is 0 Å². The van der Waals surface area contributed by atoms with E-state index in [0.717, 1.165) is 11.3 Å². The van der Waals surface area contributed by atoms with Gasteiger partial charge in [0.15, 0.2) is 0 Å². The van der Waals surface area contributed by atoms with Crippen LogP contribution in [0.25, 0.3) is 10.9 Å². The minimum Gasteiger partial charge on any atom is -0.378 e. The monoisotopic (exact) mass is 364 g/mol. The second-order valence-corrected chi connectivity index (χ2v) is 6.95. The number of H-pyrrole nitrogens is 1. The predicted octanol–water partition coefficient (Wildman–Crippen LogP) is 3.26. The molecule has 1 aliphatic rings. The third-order valence-corrected chi connectivity index (χ3v) is 5.16. The first-order chi connectivity index (χ1) is 13.1. The first kappa shape index (κ1) is 17.5. The Hall–Kier alpha value is -2.86. The van der Waals surface area contributed by atoms with E-state index in [2.05, 4.69) is 47.3 Å². The quantitative estimate of drug-likeness (QED) is 0.745. The van der Waals surface area contributed by atoms with E-state index in [0.29, 0.717) is 38.4 Å². The van der Waals surface area contributed by atoms with Gasteiger partial charge in [0.05, 0.1) is 18.8 Å². The van der Waals surface area contributed by atoms with E-state index >= 15 is 0 Å². The van der Waals surface area contributed by atoms with Gasteiger partial charge < -0.3 is 19.9 Å². The summed E-state index contributed by atoms with van der Waals surface area (Å²) >= 11 is 0. The van der Waals surface area contributed by atoms with E-state index in [1.165, 1.54) is 22.2 Å². The first-order valence-corrected chi connectivity index (χ1v) is 9.26. The molecular formula is C21H24N4O2. The van der Waals surface area contributed by atoms with Crippen LogP contribution in [0.5, 0.6) is 0 Å². The summed E-state index contributed by atoms with van der Waals surface area (Å²) in [5.74, 6) is 0.775. The molecule has 0 unspecified atom stereocenters. The molecule has 0 bridgehead atoms. The van der Waals surface area contributed by atoms with Crippen LogP contribution in [0.1, 0.15) is 27.2 Å². The number of aromatic nitrogens is 2. The molecular weight excluding hydrogens is 340 g/mol. The number of benzene rings is 1. The second kappa shape index (κ2) is 7.40. The zero-order valence-corrected chi connectivity index (χ0v) is 15.7. The van der Waals surface area contributed by atoms with Crippen molar-refractivity contribution in [3.05, 3.63) is 58.9 Å². The van der Waals surface area contributed by atoms with Gasteiger partial charge in [0, 0.05) is 42.4 Å². The maximum absolute atomic E-state index is 12.5. The number of hydrogen-bond acceptors (Lipinski definition) is 4. The molecule has 2 aromatic heterocycles. The van der Waals surface area contributed by atoms with Gasteiger partial charge in [-0.3, -0.25) is 4.79 Å². The molecule has 1 aliphatic heterocycles. The number of amides is 1. The van der Waals surface area contributed by atoms with Crippen LogP contribution >= 0.6 is 0 Å². The van der Waals surface area contributed by atoms with Crippen molar-refractivity contribution in [1.82, 2.24) is 14.9 Å². The number of anilines is 1. The number of ether oxygens (including phenoxy) is 1. The van der Waals surface area contributed by atoms with Crippen LogP contribution in [0.4, 0.5) is 5.82 Å². The van der Waals surface area contributed by atoms with Gasteiger partial charge in [-0.05, 0) is 49.2 Å². The third-order valence-electron chi connectivity index (χ3n) is 5.16. The highest BCUT2D eigenvalue weighted by Crippen LogP contribution is 2.22. The van der Waals surface area contributed by atoms with E-state index in [1.807, 2.05) is 17.0 Å². The SMILES string of the molecule is Cc1[nH]c2ccc(CNc3ccc(C(=O)N4CCOCC4)cn3)cc2c1C. The Balaban J connectivity index is 1.41. The molecule has 3 aromatic rings. The summed E-state index contributed by atoms with van der Waals surface area (Å²) in [5.41, 5.74) is 5.47. The lowest BCUT2D eigenvalue weighted by Crippen LogP contribution is -2.40. The molecule has 0 saturated carbocycles. The van der Waals surface area contributed by atoms with Crippen LogP contribution in [0.2, 0.25) is 0 Å². The Morgan fingerprint density at radius 2 is 2.04 bits per heavy atom. The highest BCUT2D eigenvalue weighted by molar-refractivity contribution is 5.94. The largest absolute Gasteiger partial charge is 0.378 e. The predicted molar refractivity (Wildman–Crippen MR) is 106 cm³/mol. The Morgan fingerprint density at radius 1 is 1.22 bits per heavy atom. The van der Waals surface area contributed by atoms with Gasteiger partial charge in [0.2, 0.25) is 0 Å². The molecule has 140 valence electrons. The lowest BCUT2D eigenvalue weighted by atomic mass is 10.1. The van der Waals surface area contributed by atoms with Crippen molar-refractivity contribution in [2.24, 2.45) is 0 Å². The number of aromatic amines is 1. The maximum Gasteiger partial charge on any atom is 0.255 e. The maximum atomic E-state index is 12.5. The van der Waals surface area contributed by atoms with E-state index in [9.17, 15) is 4.79 Å². The van der Waals surface area contributed by atoms with Crippen LogP contribution in [0.3, 0.4) is 0 Å². The van der Waals surface area contributed by atoms with Gasteiger partial charge in [-0.1, -0.05) is 6.07 Å². The van der Waals surface area contributed by atoms with Crippen molar-refractivity contribution < 1.29 is 9.53 Å². The average molecular weight is 364 g/mol. The Bertz CT molecular complexity index is 956. The lowest BCUT2D eigenvalue weighted by molar-refractivity contribution is 0.0302. The van der Waals surface area contributed by atoms with Crippen molar-refractivity contribution in [2.75, 3.05) is 31.6 Å². The molecule has 1 fully saturated rings. The summed E-state index contributed by atoms with van der Waals surface area (Å²) in [7, 11) is 0. The molecule has 6 heteroatoms. The Labute approximate surface area is 158 Å². The van der Waals surface area contributed by atoms with Gasteiger partial charge in [-0.2, -0.15) is 0 Å². The molecule has 1 saturated heterocycles. The Morgan fingerprint density at radius 3 is 2.78 bits per heavy atom. The second-order valence-electron chi connectivity index (χ2n) is 6.95. The molecule has 0 aliphatic carbocycles. The van der Waals surface area contributed by atoms with E-state index < -0.39 is 0 Å². The standard InChI is InChI=1S/C21H24N4O2/c1-14-15(2)24-19-5-3-16(11-18(14)19)12-22-20-6-4-17(13-23-20)21(26)25-7-9-27-10-8-25/h3-6,11,13,24H,7-10,12H2,1-2H3,(H,22,23). The van der Waals surface area contributed by atoms with Crippen molar-refractivity contribution in [2.45, 2.75) is 20.4 Å². The average Bonchev–Trinajstić information content (AvgIpc) is 3.00. The molecule has 0 atom stereocenters. The van der Waals surface area contributed by atoms with Gasteiger partial charge in [-0.25, -0.2) is 4.98 Å². The number of hydrogen-bond donors (Lipinski definition) is 2. The molecule has 0 radical (unpaired) electrons. The van der Waals surface area contributed by atoms with E-state index in [-0.39, 0.29) is 5.91 Å². The van der Waals surface area contributed by atoms with Gasteiger partial charge in [-0.15, -0.1) is 0 Å². The van der Waals surface area contributed by atoms with Crippen LogP contribution in [0, 0.1) is 13.8 Å². The van der Waals surface area contributed by atoms with Gasteiger partial charge in [0.25, 0.3) is 5.91 Å². The normalized spacial score (nSPS) is 14.5. The molecule has 27 heavy (non-hydrogen) atoms. The molecule has 1 aromatic carbocycles. The number of carbonyl (C=O) groups is 1. The number of rotatable bonds is 4. The summed E-state index contributed by atoms with van der Waals surface area (Å²) in [6, 6.07) is 10.1. The summed E-state index contributed by atoms with van der Waals surface area (Å²) in [6.45, 7) is 7.39. The summed E-state index contributed by atoms with van der Waals surface area (Å²) in [5, 5.41) is 4.59. The topological polar surface area (TPSA) is 70.2 Å². The Kier molecular flexibility index (Phi) is 4.81. The van der Waals surface area contributed by atoms with Crippen LogP contribution < -0.4 is 5.32 Å². The van der Waals surface area contributed by atoms with Crippen LogP contribution in [-0.2, 0) is 11.3 Å². The number of pyridine rings is 1. The molecule has 0 spiro atoms. The number of aryl methyl sites for hydroxylation is 2. The fraction of sp³-hybridized carbons (Fsp3) is 0.333. The number of fused-ring (bicyclic) bond motifs is 1. The number of nitrogens with zero attached hydrogens (tertiary/aromatic N) is 2. The molecule has 6 nitrogen and oxygen atoms in total. The number of carbonyl (C=O) groups excluding carboxylic acids is 1. The number of nitrogens with one attached hydrogen (secondary N) is 2. The van der Waals surface area contributed by atoms with Crippen molar-refractivity contribution in [1.29, 1.82) is 0 Å². The van der Waals surface area contributed by atoms with Gasteiger partial charge >= 0.3 is 0 Å². The summed E-state index contributed by atoms with van der Waals surface area (Å²) < 4.78 is 5.29. The lowest BCUT2D eigenvalue weighted by Gasteiger charge is -2.26. The molecule has 1 amide bonds. The van der Waals surface area contributed by atoms with E-state index in [1.54, 1.807) is 6.20 Å². The minimum atomic E-state index is 0.0149. The zero-order valence-electron chi connectivity index (χ0n) is 15.7. The van der Waals surface area contributed by atoms with Gasteiger partial charge in [0.1, 0.15) is 5.82 Å². The fourth-order valence-corrected chi connectivity index (χ4v) is 3.38. The highest BCUT2D eigenvalue weighted by atomic mass is 16.5. The van der Waals surface area contributed by atoms with Crippen LogP contribution in [0.15, 0.2) is 36.5 Å². The fourth-order valence-electron chi connectivity index (χ4n) is 3.38. The van der Waals surface area contributed by atoms with Crippen LogP contribution in [-0.4, -0.2) is 47.1 Å². The minimum absolute atomic E-state index is 0.0149. The van der Waals surface area contributed by atoms with E-state index in [4.69, 9.17) is 4.74 Å². The molecule has 3 heterocycles. The highest BCUT2D eigenvalue weighted by Gasteiger charge is 2.18. The van der Waals surface area contributed by atoms with Crippen molar-refractivity contribution >= 4 is 22.6 Å².